The summed E-state index contributed by atoms with van der Waals surface area (Å²) >= 11 is 0. The van der Waals surface area contributed by atoms with Crippen LogP contribution in [-0.4, -0.2) is 19.3 Å². The molecule has 3 rings (SSSR count). The van der Waals surface area contributed by atoms with Gasteiger partial charge in [0.15, 0.2) is 5.65 Å². The van der Waals surface area contributed by atoms with Gasteiger partial charge in [0.2, 0.25) is 5.95 Å². The molecule has 0 aliphatic heterocycles. The Bertz CT molecular complexity index is 724. The average molecular weight is 269 g/mol. The maximum atomic E-state index is 6.03. The van der Waals surface area contributed by atoms with Crippen molar-refractivity contribution in [2.75, 3.05) is 5.73 Å². The lowest BCUT2D eigenvalue weighted by Gasteiger charge is -2.07. The molecule has 0 atom stereocenters. The largest absolute Gasteiger partial charge is 0.369 e. The molecule has 5 nitrogen and oxygen atoms in total. The molecule has 2 heterocycles. The van der Waals surface area contributed by atoms with Crippen LogP contribution in [-0.2, 0) is 20.0 Å². The molecule has 0 amide bonds. The molecule has 0 saturated carbocycles. The number of anilines is 1. The van der Waals surface area contributed by atoms with E-state index in [-0.39, 0.29) is 0 Å². The summed E-state index contributed by atoms with van der Waals surface area (Å²) in [6.07, 6.45) is 2.07. The summed E-state index contributed by atoms with van der Waals surface area (Å²) in [5.41, 5.74) is 10.2. The molecule has 1 aromatic carbocycles. The number of nitrogens with zero attached hydrogens (tertiary/aromatic N) is 4. The number of nitrogen functional groups attached to an aromatic ring is 1. The van der Waals surface area contributed by atoms with Gasteiger partial charge in [-0.15, -0.1) is 0 Å². The van der Waals surface area contributed by atoms with Crippen molar-refractivity contribution in [3.8, 4) is 0 Å². The highest BCUT2D eigenvalue weighted by molar-refractivity contribution is 5.77. The fourth-order valence-electron chi connectivity index (χ4n) is 2.66. The molecular formula is C15H19N5. The Hall–Kier alpha value is -2.30. The van der Waals surface area contributed by atoms with Crippen LogP contribution >= 0.6 is 0 Å². The van der Waals surface area contributed by atoms with Crippen molar-refractivity contribution in [2.45, 2.75) is 26.3 Å². The van der Waals surface area contributed by atoms with Crippen molar-refractivity contribution in [1.82, 2.24) is 19.3 Å². The van der Waals surface area contributed by atoms with E-state index in [4.69, 9.17) is 5.73 Å². The minimum Gasteiger partial charge on any atom is -0.369 e. The smallest absolute Gasteiger partial charge is 0.202 e. The van der Waals surface area contributed by atoms with Gasteiger partial charge >= 0.3 is 0 Å². The average Bonchev–Trinajstić information content (AvgIpc) is 2.90. The zero-order valence-electron chi connectivity index (χ0n) is 11.9. The molecule has 3 aromatic rings. The van der Waals surface area contributed by atoms with E-state index in [1.54, 1.807) is 0 Å². The van der Waals surface area contributed by atoms with Crippen molar-refractivity contribution >= 4 is 17.1 Å². The Morgan fingerprint density at radius 1 is 1.20 bits per heavy atom. The van der Waals surface area contributed by atoms with Gasteiger partial charge in [-0.3, -0.25) is 9.25 Å². The molecule has 0 spiro atoms. The zero-order valence-corrected chi connectivity index (χ0v) is 11.9. The molecule has 0 fully saturated rings. The molecule has 0 radical (unpaired) electrons. The molecule has 0 saturated heterocycles. The second-order valence-electron chi connectivity index (χ2n) is 5.09. The minimum absolute atomic E-state index is 0.573. The van der Waals surface area contributed by atoms with E-state index in [2.05, 4.69) is 38.9 Å². The topological polar surface area (TPSA) is 61.7 Å². The fraction of sp³-hybridized carbons (Fsp3) is 0.333. The lowest BCUT2D eigenvalue weighted by atomic mass is 10.1. The highest BCUT2D eigenvalue weighted by atomic mass is 15.3. The van der Waals surface area contributed by atoms with E-state index in [0.717, 1.165) is 36.2 Å². The third kappa shape index (κ3) is 2.15. The van der Waals surface area contributed by atoms with Gasteiger partial charge in [0.05, 0.1) is 5.69 Å². The van der Waals surface area contributed by atoms with Crippen molar-refractivity contribution in [2.24, 2.45) is 7.05 Å². The van der Waals surface area contributed by atoms with Gasteiger partial charge in [0.25, 0.3) is 0 Å². The van der Waals surface area contributed by atoms with Crippen LogP contribution in [0.1, 0.15) is 17.7 Å². The predicted octanol–water partition coefficient (Wildman–Crippen LogP) is 2.29. The van der Waals surface area contributed by atoms with Crippen molar-refractivity contribution in [3.05, 3.63) is 41.6 Å². The highest BCUT2D eigenvalue weighted by Crippen LogP contribution is 2.20. The van der Waals surface area contributed by atoms with Crippen LogP contribution in [0.4, 0.5) is 5.95 Å². The van der Waals surface area contributed by atoms with Gasteiger partial charge in [0, 0.05) is 13.6 Å². The number of fused-ring (bicyclic) bond motifs is 1. The Balaban J connectivity index is 1.79. The summed E-state index contributed by atoms with van der Waals surface area (Å²) in [7, 11) is 1.93. The first-order valence-electron chi connectivity index (χ1n) is 6.86. The quantitative estimate of drug-likeness (QED) is 0.790. The zero-order chi connectivity index (χ0) is 14.1. The maximum absolute atomic E-state index is 6.03. The predicted molar refractivity (Wildman–Crippen MR) is 80.4 cm³/mol. The molecule has 2 N–H and O–H groups in total. The Labute approximate surface area is 118 Å². The third-order valence-electron chi connectivity index (χ3n) is 3.61. The van der Waals surface area contributed by atoms with Crippen molar-refractivity contribution in [1.29, 1.82) is 0 Å². The standard InChI is InChI=1S/C15H19N5/c1-11-13-14(19(2)18-11)20(15(16)17-13)10-6-9-12-7-4-3-5-8-12/h3-5,7-8H,6,9-10H2,1-2H3,(H2,16,17). The van der Waals surface area contributed by atoms with Gasteiger partial charge in [-0.05, 0) is 25.3 Å². The van der Waals surface area contributed by atoms with Crippen LogP contribution in [0.5, 0.6) is 0 Å². The highest BCUT2D eigenvalue weighted by Gasteiger charge is 2.15. The van der Waals surface area contributed by atoms with Crippen LogP contribution in [0.3, 0.4) is 0 Å². The molecule has 5 heteroatoms. The van der Waals surface area contributed by atoms with Crippen LogP contribution in [0, 0.1) is 6.92 Å². The van der Waals surface area contributed by atoms with Gasteiger partial charge < -0.3 is 5.73 Å². The van der Waals surface area contributed by atoms with Gasteiger partial charge in [-0.2, -0.15) is 5.10 Å². The molecule has 0 aliphatic rings. The Kier molecular flexibility index (Phi) is 3.18. The minimum atomic E-state index is 0.573. The molecule has 0 aliphatic carbocycles. The number of aromatic nitrogens is 4. The monoisotopic (exact) mass is 269 g/mol. The number of hydrogen-bond acceptors (Lipinski definition) is 3. The number of rotatable bonds is 4. The number of hydrogen-bond donors (Lipinski definition) is 1. The summed E-state index contributed by atoms with van der Waals surface area (Å²) in [6, 6.07) is 10.5. The van der Waals surface area contributed by atoms with Crippen LogP contribution in [0.15, 0.2) is 30.3 Å². The molecule has 20 heavy (non-hydrogen) atoms. The summed E-state index contributed by atoms with van der Waals surface area (Å²) < 4.78 is 3.91. The van der Waals surface area contributed by atoms with Crippen LogP contribution in [0.25, 0.3) is 11.2 Å². The fourth-order valence-corrected chi connectivity index (χ4v) is 2.66. The summed E-state index contributed by atoms with van der Waals surface area (Å²) in [5, 5.41) is 4.40. The lowest BCUT2D eigenvalue weighted by Crippen LogP contribution is -2.07. The first-order valence-corrected chi connectivity index (χ1v) is 6.86. The summed E-state index contributed by atoms with van der Waals surface area (Å²) in [5.74, 6) is 0.573. The normalized spacial score (nSPS) is 11.3. The number of imidazole rings is 1. The summed E-state index contributed by atoms with van der Waals surface area (Å²) in [4.78, 5) is 4.42. The first-order chi connectivity index (χ1) is 9.66. The lowest BCUT2D eigenvalue weighted by molar-refractivity contribution is 0.639. The van der Waals surface area contributed by atoms with Crippen molar-refractivity contribution < 1.29 is 0 Å². The molecule has 0 unspecified atom stereocenters. The van der Waals surface area contributed by atoms with E-state index >= 15 is 0 Å². The SMILES string of the molecule is Cc1nn(C)c2c1nc(N)n2CCCc1ccccc1. The van der Waals surface area contributed by atoms with E-state index in [1.165, 1.54) is 5.56 Å². The molecule has 0 bridgehead atoms. The van der Waals surface area contributed by atoms with E-state index in [0.29, 0.717) is 5.95 Å². The second-order valence-corrected chi connectivity index (χ2v) is 5.09. The first kappa shape index (κ1) is 12.7. The molecule has 2 aromatic heterocycles. The molecule has 104 valence electrons. The van der Waals surface area contributed by atoms with E-state index < -0.39 is 0 Å². The number of nitrogens with two attached hydrogens (primary N) is 1. The van der Waals surface area contributed by atoms with Crippen molar-refractivity contribution in [3.63, 3.8) is 0 Å². The van der Waals surface area contributed by atoms with Gasteiger partial charge in [-0.1, -0.05) is 30.3 Å². The van der Waals surface area contributed by atoms with E-state index in [9.17, 15) is 0 Å². The second kappa shape index (κ2) is 5.00. The van der Waals surface area contributed by atoms with E-state index in [1.807, 2.05) is 24.7 Å². The third-order valence-corrected chi connectivity index (χ3v) is 3.61. The Morgan fingerprint density at radius 3 is 2.70 bits per heavy atom. The van der Waals surface area contributed by atoms with Gasteiger partial charge in [-0.25, -0.2) is 4.98 Å². The van der Waals surface area contributed by atoms with Crippen LogP contribution in [0.2, 0.25) is 0 Å². The maximum Gasteiger partial charge on any atom is 0.202 e. The van der Waals surface area contributed by atoms with Gasteiger partial charge in [0.1, 0.15) is 5.52 Å². The number of benzene rings is 1. The summed E-state index contributed by atoms with van der Waals surface area (Å²) in [6.45, 7) is 2.82. The van der Waals surface area contributed by atoms with Crippen LogP contribution < -0.4 is 5.73 Å². The Morgan fingerprint density at radius 2 is 1.95 bits per heavy atom. The number of aryl methyl sites for hydroxylation is 4. The molecular weight excluding hydrogens is 250 g/mol.